The minimum Gasteiger partial charge on any atom is -0.508 e. The van der Waals surface area contributed by atoms with Crippen molar-refractivity contribution in [1.82, 2.24) is 15.1 Å². The van der Waals surface area contributed by atoms with E-state index in [0.717, 1.165) is 88.3 Å². The van der Waals surface area contributed by atoms with Crippen molar-refractivity contribution >= 4 is 23.4 Å². The van der Waals surface area contributed by atoms with Crippen molar-refractivity contribution < 1.29 is 29.0 Å². The van der Waals surface area contributed by atoms with Crippen LogP contribution in [-0.4, -0.2) is 85.1 Å². The van der Waals surface area contributed by atoms with Crippen LogP contribution in [0.15, 0.2) is 78.9 Å². The number of aryl methyl sites for hydroxylation is 1. The molecule has 3 saturated heterocycles. The zero-order valence-corrected chi connectivity index (χ0v) is 33.3. The first-order valence-electron chi connectivity index (χ1n) is 21.2. The highest BCUT2D eigenvalue weighted by molar-refractivity contribution is 6.05. The summed E-state index contributed by atoms with van der Waals surface area (Å²) >= 11 is 0. The third-order valence-corrected chi connectivity index (χ3v) is 14.4. The number of phenols is 1. The molecule has 6 aliphatic rings. The van der Waals surface area contributed by atoms with Crippen LogP contribution in [0.4, 0.5) is 5.69 Å². The van der Waals surface area contributed by atoms with E-state index in [0.29, 0.717) is 42.7 Å². The van der Waals surface area contributed by atoms with Gasteiger partial charge < -0.3 is 29.3 Å². The van der Waals surface area contributed by atoms with Gasteiger partial charge in [-0.15, -0.1) is 0 Å². The molecule has 0 aromatic heterocycles. The van der Waals surface area contributed by atoms with E-state index in [9.17, 15) is 19.5 Å². The van der Waals surface area contributed by atoms with Crippen molar-refractivity contribution in [2.45, 2.75) is 81.2 Å². The lowest BCUT2D eigenvalue weighted by molar-refractivity contribution is -0.136. The molecule has 1 spiro atoms. The van der Waals surface area contributed by atoms with Crippen molar-refractivity contribution in [1.29, 1.82) is 0 Å². The molecule has 5 aliphatic heterocycles. The number of amides is 3. The Hall–Kier alpha value is -5.35. The Kier molecular flexibility index (Phi) is 9.42. The molecule has 1 aliphatic carbocycles. The van der Waals surface area contributed by atoms with E-state index in [1.807, 2.05) is 18.2 Å². The lowest BCUT2D eigenvalue weighted by Crippen LogP contribution is -2.52. The van der Waals surface area contributed by atoms with Crippen molar-refractivity contribution in [3.8, 4) is 17.2 Å². The van der Waals surface area contributed by atoms with Crippen LogP contribution in [-0.2, 0) is 28.0 Å². The van der Waals surface area contributed by atoms with E-state index in [4.69, 9.17) is 9.47 Å². The molecule has 58 heavy (non-hydrogen) atoms. The second kappa shape index (κ2) is 14.8. The number of hydrogen-bond donors (Lipinski definition) is 2. The molecule has 3 atom stereocenters. The van der Waals surface area contributed by atoms with Crippen LogP contribution in [0, 0.1) is 5.92 Å². The molecule has 0 unspecified atom stereocenters. The van der Waals surface area contributed by atoms with Gasteiger partial charge in [-0.05, 0) is 111 Å². The van der Waals surface area contributed by atoms with Gasteiger partial charge in [-0.3, -0.25) is 19.7 Å². The first-order valence-corrected chi connectivity index (χ1v) is 21.2. The number of carbonyl (C=O) groups is 3. The minimum absolute atomic E-state index is 0.0524. The molecule has 3 amide bonds. The Balaban J connectivity index is 0.776. The zero-order chi connectivity index (χ0) is 39.5. The van der Waals surface area contributed by atoms with Gasteiger partial charge in [0.1, 0.15) is 23.3 Å². The van der Waals surface area contributed by atoms with Crippen LogP contribution in [0.3, 0.4) is 0 Å². The van der Waals surface area contributed by atoms with Crippen molar-refractivity contribution in [2.24, 2.45) is 5.92 Å². The summed E-state index contributed by atoms with van der Waals surface area (Å²) in [5.41, 5.74) is 8.91. The highest BCUT2D eigenvalue weighted by Crippen LogP contribution is 2.51. The van der Waals surface area contributed by atoms with E-state index in [1.165, 1.54) is 33.5 Å². The number of imide groups is 1. The molecule has 0 saturated carbocycles. The SMILES string of the molecule is COc1cc(N2CCC(CN3CCC4(CC3)COc3c4ccc4c3CN([C@@H]3CCC(=O)NC3=O)C4=O)CC2)ccc1[C@H]1c2ccc(O)cc2CC[C@H]1c1ccccc1. The Bertz CT molecular complexity index is 2260. The van der Waals surface area contributed by atoms with Crippen LogP contribution < -0.4 is 19.7 Å². The maximum Gasteiger partial charge on any atom is 0.255 e. The predicted octanol–water partition coefficient (Wildman–Crippen LogP) is 6.67. The highest BCUT2D eigenvalue weighted by Gasteiger charge is 2.48. The Morgan fingerprint density at radius 1 is 0.862 bits per heavy atom. The fourth-order valence-corrected chi connectivity index (χ4v) is 11.2. The predicted molar refractivity (Wildman–Crippen MR) is 221 cm³/mol. The number of rotatable bonds is 7. The summed E-state index contributed by atoms with van der Waals surface area (Å²) in [6, 6.07) is 26.9. The molecular weight excluding hydrogens is 729 g/mol. The highest BCUT2D eigenvalue weighted by atomic mass is 16.5. The van der Waals surface area contributed by atoms with E-state index in [-0.39, 0.29) is 35.5 Å². The molecule has 0 radical (unpaired) electrons. The number of benzene rings is 4. The number of piperidine rings is 3. The van der Waals surface area contributed by atoms with Gasteiger partial charge in [0.2, 0.25) is 11.8 Å². The minimum atomic E-state index is -0.627. The maximum absolute atomic E-state index is 13.4. The van der Waals surface area contributed by atoms with E-state index in [1.54, 1.807) is 12.0 Å². The smallest absolute Gasteiger partial charge is 0.255 e. The second-order valence-corrected chi connectivity index (χ2v) is 17.5. The van der Waals surface area contributed by atoms with Gasteiger partial charge in [-0.25, -0.2) is 0 Å². The average Bonchev–Trinajstić information content (AvgIpc) is 3.78. The number of fused-ring (bicyclic) bond motifs is 5. The van der Waals surface area contributed by atoms with Crippen LogP contribution in [0.2, 0.25) is 0 Å². The fraction of sp³-hybridized carbons (Fsp3) is 0.438. The van der Waals surface area contributed by atoms with Gasteiger partial charge in [0, 0.05) is 71.4 Å². The number of carbonyl (C=O) groups excluding carboxylic acids is 3. The number of hydrogen-bond acceptors (Lipinski definition) is 8. The summed E-state index contributed by atoms with van der Waals surface area (Å²) in [4.78, 5) is 44.5. The van der Waals surface area contributed by atoms with Crippen LogP contribution in [0.25, 0.3) is 0 Å². The Morgan fingerprint density at radius 3 is 2.43 bits per heavy atom. The number of anilines is 1. The van der Waals surface area contributed by atoms with Crippen LogP contribution in [0.1, 0.15) is 101 Å². The van der Waals surface area contributed by atoms with E-state index in [2.05, 4.69) is 75.8 Å². The van der Waals surface area contributed by atoms with Gasteiger partial charge in [0.05, 0.1) is 20.3 Å². The topological polar surface area (TPSA) is 112 Å². The lowest BCUT2D eigenvalue weighted by Gasteiger charge is -2.41. The molecule has 10 heteroatoms. The summed E-state index contributed by atoms with van der Waals surface area (Å²) in [5, 5.41) is 12.7. The van der Waals surface area contributed by atoms with Gasteiger partial charge in [0.15, 0.2) is 0 Å². The zero-order valence-electron chi connectivity index (χ0n) is 33.3. The molecule has 5 heterocycles. The number of ether oxygens (including phenoxy) is 2. The molecule has 3 fully saturated rings. The standard InChI is InChI=1S/C48H52N4O6/c1-57-42-26-33(8-11-38(42)44-35(31-5-3-2-4-6-31)10-7-32-25-34(53)9-12-36(32)44)51-21-17-30(18-22-51)27-50-23-19-48(20-24-50)29-58-45-39-28-52(41-15-16-43(54)49-46(41)55)47(56)37(39)13-14-40(45)48/h2-6,8-9,11-14,25-26,30,35,41,44,53H,7,10,15-24,27-29H2,1H3,(H,49,54,55)/t35-,41+,44+/m0/s1. The monoisotopic (exact) mass is 780 g/mol. The number of nitrogens with one attached hydrogen (secondary N) is 1. The molecule has 4 aromatic rings. The summed E-state index contributed by atoms with van der Waals surface area (Å²) in [6.07, 6.45) is 6.89. The average molecular weight is 781 g/mol. The first kappa shape index (κ1) is 37.0. The third kappa shape index (κ3) is 6.40. The molecule has 10 nitrogen and oxygen atoms in total. The van der Waals surface area contributed by atoms with Gasteiger partial charge in [-0.1, -0.05) is 48.5 Å². The van der Waals surface area contributed by atoms with Crippen LogP contribution >= 0.6 is 0 Å². The lowest BCUT2D eigenvalue weighted by atomic mass is 9.69. The molecule has 10 rings (SSSR count). The molecule has 300 valence electrons. The summed E-state index contributed by atoms with van der Waals surface area (Å²) in [6.45, 7) is 6.16. The Labute approximate surface area is 340 Å². The number of likely N-dealkylation sites (tertiary alicyclic amines) is 1. The number of nitrogens with zero attached hydrogens (tertiary/aromatic N) is 3. The van der Waals surface area contributed by atoms with E-state index < -0.39 is 6.04 Å². The number of phenolic OH excluding ortho intramolecular Hbond substituents is 1. The largest absolute Gasteiger partial charge is 0.508 e. The quantitative estimate of drug-likeness (QED) is 0.200. The van der Waals surface area contributed by atoms with Crippen molar-refractivity contribution in [3.63, 3.8) is 0 Å². The fourth-order valence-electron chi connectivity index (χ4n) is 11.2. The number of methoxy groups -OCH3 is 1. The van der Waals surface area contributed by atoms with E-state index >= 15 is 0 Å². The van der Waals surface area contributed by atoms with Crippen molar-refractivity contribution in [3.05, 3.63) is 118 Å². The molecule has 2 N–H and O–H groups in total. The normalized spacial score (nSPS) is 24.3. The summed E-state index contributed by atoms with van der Waals surface area (Å²) < 4.78 is 12.6. The Morgan fingerprint density at radius 2 is 1.66 bits per heavy atom. The molecule has 0 bridgehead atoms. The maximum atomic E-state index is 13.4. The van der Waals surface area contributed by atoms with Crippen molar-refractivity contribution in [2.75, 3.05) is 51.3 Å². The molecular formula is C48H52N4O6. The first-order chi connectivity index (χ1) is 28.3. The van der Waals surface area contributed by atoms with Gasteiger partial charge >= 0.3 is 0 Å². The molecule has 4 aromatic carbocycles. The third-order valence-electron chi connectivity index (χ3n) is 14.4. The van der Waals surface area contributed by atoms with Gasteiger partial charge in [-0.2, -0.15) is 0 Å². The summed E-state index contributed by atoms with van der Waals surface area (Å²) in [5.74, 6) is 2.37. The second-order valence-electron chi connectivity index (χ2n) is 17.5. The number of aromatic hydroxyl groups is 1. The van der Waals surface area contributed by atoms with Crippen LogP contribution in [0.5, 0.6) is 17.2 Å². The van der Waals surface area contributed by atoms with Gasteiger partial charge in [0.25, 0.3) is 5.91 Å². The summed E-state index contributed by atoms with van der Waals surface area (Å²) in [7, 11) is 1.79.